The zero-order valence-corrected chi connectivity index (χ0v) is 10.8. The highest BCUT2D eigenvalue weighted by molar-refractivity contribution is 7.10. The van der Waals surface area contributed by atoms with Crippen molar-refractivity contribution in [2.24, 2.45) is 0 Å². The Bertz CT molecular complexity index is 643. The molecule has 0 radical (unpaired) electrons. The second-order valence-corrected chi connectivity index (χ2v) is 4.94. The van der Waals surface area contributed by atoms with Crippen LogP contribution in [0.3, 0.4) is 0 Å². The Labute approximate surface area is 115 Å². The number of halogens is 3. The highest BCUT2D eigenvalue weighted by Crippen LogP contribution is 2.28. The van der Waals surface area contributed by atoms with Crippen LogP contribution in [0.2, 0.25) is 0 Å². The van der Waals surface area contributed by atoms with Crippen LogP contribution < -0.4 is 0 Å². The molecule has 8 heteroatoms. The molecule has 0 aliphatic heterocycles. The minimum absolute atomic E-state index is 0.210. The van der Waals surface area contributed by atoms with Gasteiger partial charge in [0.15, 0.2) is 0 Å². The van der Waals surface area contributed by atoms with E-state index in [4.69, 9.17) is 5.11 Å². The molecule has 0 bridgehead atoms. The molecule has 0 saturated carbocycles. The molecule has 4 nitrogen and oxygen atoms in total. The number of alkyl halides is 3. The zero-order valence-electron chi connectivity index (χ0n) is 9.96. The SMILES string of the molecule is O=C(O)C=Cc1csc(Cn2cc(C(F)(F)F)cn2)c1. The van der Waals surface area contributed by atoms with E-state index in [2.05, 4.69) is 5.10 Å². The Balaban J connectivity index is 2.07. The highest BCUT2D eigenvalue weighted by Gasteiger charge is 2.32. The van der Waals surface area contributed by atoms with Crippen LogP contribution in [0.4, 0.5) is 13.2 Å². The number of thiophene rings is 1. The van der Waals surface area contributed by atoms with E-state index in [0.29, 0.717) is 5.56 Å². The van der Waals surface area contributed by atoms with Gasteiger partial charge < -0.3 is 5.11 Å². The lowest BCUT2D eigenvalue weighted by Gasteiger charge is -2.01. The van der Waals surface area contributed by atoms with Gasteiger partial charge in [0.2, 0.25) is 0 Å². The topological polar surface area (TPSA) is 55.1 Å². The molecule has 20 heavy (non-hydrogen) atoms. The van der Waals surface area contributed by atoms with Crippen molar-refractivity contribution in [3.05, 3.63) is 45.9 Å². The average molecular weight is 302 g/mol. The number of rotatable bonds is 4. The summed E-state index contributed by atoms with van der Waals surface area (Å²) in [5.74, 6) is -1.06. The molecule has 0 atom stereocenters. The van der Waals surface area contributed by atoms with E-state index in [9.17, 15) is 18.0 Å². The van der Waals surface area contributed by atoms with Crippen molar-refractivity contribution in [1.82, 2.24) is 9.78 Å². The summed E-state index contributed by atoms with van der Waals surface area (Å²) in [5.41, 5.74) is -0.101. The number of hydrogen-bond acceptors (Lipinski definition) is 3. The second-order valence-electron chi connectivity index (χ2n) is 3.94. The quantitative estimate of drug-likeness (QED) is 0.883. The van der Waals surface area contributed by atoms with Crippen molar-refractivity contribution in [2.45, 2.75) is 12.7 Å². The molecule has 2 aromatic rings. The van der Waals surface area contributed by atoms with Gasteiger partial charge in [-0.1, -0.05) is 0 Å². The fraction of sp³-hybridized carbons (Fsp3) is 0.167. The molecule has 106 valence electrons. The first-order valence-corrected chi connectivity index (χ1v) is 6.30. The molecule has 1 N–H and O–H groups in total. The Morgan fingerprint density at radius 1 is 1.50 bits per heavy atom. The Kier molecular flexibility index (Phi) is 3.93. The Hall–Kier alpha value is -2.09. The normalized spacial score (nSPS) is 12.2. The van der Waals surface area contributed by atoms with Gasteiger partial charge in [0, 0.05) is 17.2 Å². The summed E-state index contributed by atoms with van der Waals surface area (Å²) in [6.45, 7) is 0.210. The molecule has 0 saturated heterocycles. The minimum Gasteiger partial charge on any atom is -0.478 e. The van der Waals surface area contributed by atoms with E-state index in [-0.39, 0.29) is 6.54 Å². The smallest absolute Gasteiger partial charge is 0.419 e. The maximum absolute atomic E-state index is 12.4. The molecule has 0 spiro atoms. The third kappa shape index (κ3) is 3.70. The van der Waals surface area contributed by atoms with E-state index in [1.54, 1.807) is 11.4 Å². The molecular formula is C12H9F3N2O2S. The zero-order chi connectivity index (χ0) is 14.8. The summed E-state index contributed by atoms with van der Waals surface area (Å²) < 4.78 is 38.4. The van der Waals surface area contributed by atoms with Gasteiger partial charge in [-0.2, -0.15) is 18.3 Å². The van der Waals surface area contributed by atoms with Crippen molar-refractivity contribution in [3.8, 4) is 0 Å². The Morgan fingerprint density at radius 2 is 2.25 bits per heavy atom. The standard InChI is InChI=1S/C12H9F3N2O2S/c13-12(14,15)9-4-16-17(5-9)6-10-3-8(7-20-10)1-2-11(18)19/h1-5,7H,6H2,(H,18,19). The van der Waals surface area contributed by atoms with Crippen molar-refractivity contribution < 1.29 is 23.1 Å². The van der Waals surface area contributed by atoms with Gasteiger partial charge in [-0.05, 0) is 23.1 Å². The van der Waals surface area contributed by atoms with Crippen molar-refractivity contribution in [2.75, 3.05) is 0 Å². The summed E-state index contributed by atoms with van der Waals surface area (Å²) >= 11 is 1.33. The summed E-state index contributed by atoms with van der Waals surface area (Å²) in [4.78, 5) is 11.1. The van der Waals surface area contributed by atoms with Gasteiger partial charge >= 0.3 is 12.1 Å². The van der Waals surface area contributed by atoms with Crippen LogP contribution in [-0.4, -0.2) is 20.9 Å². The van der Waals surface area contributed by atoms with Crippen LogP contribution in [0.15, 0.2) is 29.9 Å². The van der Waals surface area contributed by atoms with E-state index < -0.39 is 17.7 Å². The van der Waals surface area contributed by atoms with Gasteiger partial charge in [-0.15, -0.1) is 11.3 Å². The minimum atomic E-state index is -4.40. The van der Waals surface area contributed by atoms with Crippen LogP contribution in [0.1, 0.15) is 16.0 Å². The number of aromatic nitrogens is 2. The van der Waals surface area contributed by atoms with Crippen LogP contribution >= 0.6 is 11.3 Å². The highest BCUT2D eigenvalue weighted by atomic mass is 32.1. The summed E-state index contributed by atoms with van der Waals surface area (Å²) in [6, 6.07) is 1.71. The van der Waals surface area contributed by atoms with Gasteiger partial charge in [0.1, 0.15) is 0 Å². The molecule has 0 unspecified atom stereocenters. The lowest BCUT2D eigenvalue weighted by atomic mass is 10.3. The first-order valence-electron chi connectivity index (χ1n) is 5.42. The number of nitrogens with zero attached hydrogens (tertiary/aromatic N) is 2. The molecule has 0 aromatic carbocycles. The number of hydrogen-bond donors (Lipinski definition) is 1. The monoisotopic (exact) mass is 302 g/mol. The lowest BCUT2D eigenvalue weighted by molar-refractivity contribution is -0.137. The molecule has 0 amide bonds. The molecule has 2 aromatic heterocycles. The van der Waals surface area contributed by atoms with Crippen molar-refractivity contribution >= 4 is 23.4 Å². The number of aliphatic carboxylic acids is 1. The lowest BCUT2D eigenvalue weighted by Crippen LogP contribution is -2.03. The van der Waals surface area contributed by atoms with E-state index in [1.807, 2.05) is 0 Å². The summed E-state index contributed by atoms with van der Waals surface area (Å²) in [6.07, 6.45) is -0.261. The van der Waals surface area contributed by atoms with E-state index >= 15 is 0 Å². The third-order valence-electron chi connectivity index (χ3n) is 2.37. The molecular weight excluding hydrogens is 293 g/mol. The number of carbonyl (C=O) groups is 1. The predicted molar refractivity (Wildman–Crippen MR) is 67.3 cm³/mol. The average Bonchev–Trinajstić information content (AvgIpc) is 2.95. The molecule has 0 aliphatic rings. The van der Waals surface area contributed by atoms with Gasteiger partial charge in [-0.3, -0.25) is 4.68 Å². The van der Waals surface area contributed by atoms with Crippen LogP contribution in [0.5, 0.6) is 0 Å². The van der Waals surface area contributed by atoms with Crippen LogP contribution in [-0.2, 0) is 17.5 Å². The van der Waals surface area contributed by atoms with Gasteiger partial charge in [-0.25, -0.2) is 4.79 Å². The Morgan fingerprint density at radius 3 is 2.85 bits per heavy atom. The number of carboxylic acid groups (broad SMARTS) is 1. The number of carboxylic acids is 1. The molecule has 2 heterocycles. The van der Waals surface area contributed by atoms with Crippen molar-refractivity contribution in [1.29, 1.82) is 0 Å². The molecule has 0 fully saturated rings. The maximum Gasteiger partial charge on any atom is 0.419 e. The fourth-order valence-corrected chi connectivity index (χ4v) is 2.34. The predicted octanol–water partition coefficient (Wildman–Crippen LogP) is 3.11. The fourth-order valence-electron chi connectivity index (χ4n) is 1.49. The third-order valence-corrected chi connectivity index (χ3v) is 3.31. The largest absolute Gasteiger partial charge is 0.478 e. The van der Waals surface area contributed by atoms with Crippen LogP contribution in [0.25, 0.3) is 6.08 Å². The van der Waals surface area contributed by atoms with Gasteiger partial charge in [0.25, 0.3) is 0 Å². The first kappa shape index (κ1) is 14.3. The summed E-state index contributed by atoms with van der Waals surface area (Å²) in [5, 5.41) is 13.9. The maximum atomic E-state index is 12.4. The molecule has 0 aliphatic carbocycles. The van der Waals surface area contributed by atoms with E-state index in [1.165, 1.54) is 22.1 Å². The van der Waals surface area contributed by atoms with Crippen LogP contribution in [0, 0.1) is 0 Å². The second kappa shape index (κ2) is 5.49. The first-order chi connectivity index (χ1) is 9.34. The summed E-state index contributed by atoms with van der Waals surface area (Å²) in [7, 11) is 0. The molecule has 2 rings (SSSR count). The van der Waals surface area contributed by atoms with Gasteiger partial charge in [0.05, 0.1) is 18.3 Å². The van der Waals surface area contributed by atoms with Crippen molar-refractivity contribution in [3.63, 3.8) is 0 Å². The van der Waals surface area contributed by atoms with E-state index in [0.717, 1.165) is 23.3 Å².